The number of rotatable bonds is 10. The number of carbonyl (C=O) groups excluding carboxylic acids is 2. The molecule has 2 aromatic rings. The number of guanidine groups is 1. The van der Waals surface area contributed by atoms with Gasteiger partial charge < -0.3 is 34.9 Å². The minimum Gasteiger partial charge on any atom is -0.467 e. The first-order valence-corrected chi connectivity index (χ1v) is 12.9. The summed E-state index contributed by atoms with van der Waals surface area (Å²) in [5, 5.41) is 2.53. The lowest BCUT2D eigenvalue weighted by Crippen LogP contribution is -2.52. The number of ether oxygens (including phenoxy) is 4. The van der Waals surface area contributed by atoms with Crippen molar-refractivity contribution in [2.75, 3.05) is 27.4 Å². The maximum absolute atomic E-state index is 12.6. The second kappa shape index (κ2) is 13.1. The third-order valence-corrected chi connectivity index (χ3v) is 6.99. The van der Waals surface area contributed by atoms with Gasteiger partial charge in [-0.15, -0.1) is 0 Å². The number of nitrogens with one attached hydrogen (secondary N) is 1. The molecule has 1 aliphatic heterocycles. The van der Waals surface area contributed by atoms with Gasteiger partial charge in [-0.1, -0.05) is 37.5 Å². The van der Waals surface area contributed by atoms with Gasteiger partial charge in [0.15, 0.2) is 12.0 Å². The number of benzene rings is 2. The summed E-state index contributed by atoms with van der Waals surface area (Å²) in [7, 11) is 2.69. The van der Waals surface area contributed by atoms with Crippen LogP contribution in [0.4, 0.5) is 10.5 Å². The van der Waals surface area contributed by atoms with Crippen LogP contribution in [-0.2, 0) is 25.5 Å². The lowest BCUT2D eigenvalue weighted by molar-refractivity contribution is -0.144. The van der Waals surface area contributed by atoms with Gasteiger partial charge in [0.2, 0.25) is 0 Å². The zero-order valence-corrected chi connectivity index (χ0v) is 21.9. The molecule has 0 spiro atoms. The van der Waals surface area contributed by atoms with Gasteiger partial charge in [-0.05, 0) is 49.1 Å². The Bertz CT molecular complexity index is 1120. The van der Waals surface area contributed by atoms with Gasteiger partial charge in [-0.25, -0.2) is 14.6 Å². The molecule has 2 aliphatic rings. The highest BCUT2D eigenvalue weighted by Gasteiger charge is 2.34. The molecule has 2 aromatic carbocycles. The van der Waals surface area contributed by atoms with Crippen LogP contribution in [0.5, 0.6) is 11.5 Å². The van der Waals surface area contributed by atoms with Gasteiger partial charge >= 0.3 is 12.1 Å². The molecule has 0 aromatic heterocycles. The van der Waals surface area contributed by atoms with Gasteiger partial charge in [0, 0.05) is 19.2 Å². The quantitative estimate of drug-likeness (QED) is 0.445. The number of nitrogens with zero attached hydrogens (tertiary/aromatic N) is 2. The third-order valence-electron chi connectivity index (χ3n) is 6.99. The normalized spacial score (nSPS) is 17.0. The Hall–Kier alpha value is -3.79. The Kier molecular flexibility index (Phi) is 9.42. The Morgan fingerprint density at radius 1 is 1.05 bits per heavy atom. The van der Waals surface area contributed by atoms with E-state index in [1.54, 1.807) is 0 Å². The van der Waals surface area contributed by atoms with E-state index in [-0.39, 0.29) is 25.2 Å². The van der Waals surface area contributed by atoms with Crippen molar-refractivity contribution >= 4 is 23.7 Å². The molecule has 1 saturated carbocycles. The maximum atomic E-state index is 12.6. The van der Waals surface area contributed by atoms with Crippen molar-refractivity contribution in [3.05, 3.63) is 54.1 Å². The molecular weight excluding hydrogens is 488 g/mol. The molecule has 38 heavy (non-hydrogen) atoms. The summed E-state index contributed by atoms with van der Waals surface area (Å²) in [5.74, 6) is 1.53. The number of alkyl carbamates (subject to hydrolysis) is 1. The van der Waals surface area contributed by atoms with Gasteiger partial charge in [0.25, 0.3) is 0 Å². The van der Waals surface area contributed by atoms with E-state index >= 15 is 0 Å². The summed E-state index contributed by atoms with van der Waals surface area (Å²) in [4.78, 5) is 31.2. The molecular formula is C28H36N4O6. The molecule has 10 heteroatoms. The fourth-order valence-corrected chi connectivity index (χ4v) is 5.05. The van der Waals surface area contributed by atoms with Crippen molar-refractivity contribution in [1.29, 1.82) is 0 Å². The van der Waals surface area contributed by atoms with E-state index < -0.39 is 18.1 Å². The van der Waals surface area contributed by atoms with Crippen molar-refractivity contribution in [3.8, 4) is 11.5 Å². The first-order valence-electron chi connectivity index (χ1n) is 12.9. The Labute approximate surface area is 223 Å². The van der Waals surface area contributed by atoms with E-state index in [0.29, 0.717) is 18.3 Å². The van der Waals surface area contributed by atoms with Gasteiger partial charge in [0.05, 0.1) is 25.4 Å². The summed E-state index contributed by atoms with van der Waals surface area (Å²) < 4.78 is 21.4. The Morgan fingerprint density at radius 3 is 2.53 bits per heavy atom. The number of fused-ring (bicyclic) bond motifs is 1. The summed E-state index contributed by atoms with van der Waals surface area (Å²) >= 11 is 0. The van der Waals surface area contributed by atoms with Gasteiger partial charge in [-0.2, -0.15) is 0 Å². The molecule has 4 rings (SSSR count). The zero-order valence-electron chi connectivity index (χ0n) is 21.9. The zero-order chi connectivity index (χ0) is 26.9. The summed E-state index contributed by atoms with van der Waals surface area (Å²) in [6, 6.07) is 14.2. The molecule has 2 atom stereocenters. The van der Waals surface area contributed by atoms with Gasteiger partial charge in [0.1, 0.15) is 18.1 Å². The van der Waals surface area contributed by atoms with Gasteiger partial charge in [-0.3, -0.25) is 0 Å². The minimum absolute atomic E-state index is 0.0241. The topological polar surface area (TPSA) is 125 Å². The van der Waals surface area contributed by atoms with E-state index in [4.69, 9.17) is 24.7 Å². The standard InChI is InChI=1S/C28H36N4O6/c1-35-17-24(26(33)36-2)31-28(34)37-18-25(19-9-5-3-6-10-19)32-16-20-15-22(13-14-23(20)30-27(32)29)38-21-11-7-4-8-12-21/h4,7-8,11-15,19,24-25H,3,5-6,9-10,16-18H2,1-2H3,(H2,29,30)(H,31,34)/t24-,25+/m1/s1. The van der Waals surface area contributed by atoms with E-state index in [1.165, 1.54) is 20.6 Å². The van der Waals surface area contributed by atoms with E-state index in [0.717, 1.165) is 42.7 Å². The van der Waals surface area contributed by atoms with Crippen LogP contribution in [-0.4, -0.2) is 62.4 Å². The number of hydrogen-bond donors (Lipinski definition) is 2. The monoisotopic (exact) mass is 524 g/mol. The van der Waals surface area contributed by atoms with Crippen LogP contribution in [0, 0.1) is 5.92 Å². The van der Waals surface area contributed by atoms with Crippen LogP contribution < -0.4 is 15.8 Å². The molecule has 0 radical (unpaired) electrons. The largest absolute Gasteiger partial charge is 0.467 e. The molecule has 1 aliphatic carbocycles. The molecule has 204 valence electrons. The number of carbonyl (C=O) groups is 2. The van der Waals surface area contributed by atoms with Crippen molar-refractivity contribution in [1.82, 2.24) is 10.2 Å². The highest BCUT2D eigenvalue weighted by Crippen LogP contribution is 2.35. The lowest BCUT2D eigenvalue weighted by Gasteiger charge is -2.40. The smallest absolute Gasteiger partial charge is 0.407 e. The lowest BCUT2D eigenvalue weighted by atomic mass is 9.83. The molecule has 0 bridgehead atoms. The highest BCUT2D eigenvalue weighted by atomic mass is 16.6. The molecule has 1 heterocycles. The average molecular weight is 525 g/mol. The van der Waals surface area contributed by atoms with E-state index in [1.807, 2.05) is 53.4 Å². The SMILES string of the molecule is COC[C@@H](NC(=O)OC[C@@H](C1CCCCC1)N1Cc2cc(Oc3ccccc3)ccc2N=C1N)C(=O)OC. The number of amides is 1. The van der Waals surface area contributed by atoms with E-state index in [9.17, 15) is 9.59 Å². The number of esters is 1. The molecule has 0 unspecified atom stereocenters. The fourth-order valence-electron chi connectivity index (χ4n) is 5.05. The first-order chi connectivity index (χ1) is 18.5. The van der Waals surface area contributed by atoms with Crippen molar-refractivity contribution in [3.63, 3.8) is 0 Å². The van der Waals surface area contributed by atoms with Crippen molar-refractivity contribution < 1.29 is 28.5 Å². The van der Waals surface area contributed by atoms with Crippen LogP contribution >= 0.6 is 0 Å². The molecule has 0 saturated heterocycles. The number of nitrogens with two attached hydrogens (primary N) is 1. The summed E-state index contributed by atoms with van der Waals surface area (Å²) in [5.41, 5.74) is 8.23. The molecule has 1 fully saturated rings. The molecule has 1 amide bonds. The predicted octanol–water partition coefficient (Wildman–Crippen LogP) is 4.10. The van der Waals surface area contributed by atoms with Crippen molar-refractivity contribution in [2.24, 2.45) is 16.6 Å². The third kappa shape index (κ3) is 6.95. The molecule has 3 N–H and O–H groups in total. The summed E-state index contributed by atoms with van der Waals surface area (Å²) in [6.45, 7) is 0.587. The van der Waals surface area contributed by atoms with Crippen LogP contribution in [0.3, 0.4) is 0 Å². The number of aliphatic imine (C=N–C) groups is 1. The van der Waals surface area contributed by atoms with Crippen LogP contribution in [0.2, 0.25) is 0 Å². The molecule has 10 nitrogen and oxygen atoms in total. The van der Waals surface area contributed by atoms with E-state index in [2.05, 4.69) is 10.3 Å². The second-order valence-electron chi connectivity index (χ2n) is 9.54. The number of para-hydroxylation sites is 1. The Morgan fingerprint density at radius 2 is 1.82 bits per heavy atom. The van der Waals surface area contributed by atoms with Crippen LogP contribution in [0.15, 0.2) is 53.5 Å². The number of methoxy groups -OCH3 is 2. The number of hydrogen-bond acceptors (Lipinski definition) is 9. The summed E-state index contributed by atoms with van der Waals surface area (Å²) in [6.07, 6.45) is 4.72. The maximum Gasteiger partial charge on any atom is 0.407 e. The second-order valence-corrected chi connectivity index (χ2v) is 9.54. The van der Waals surface area contributed by atoms with Crippen LogP contribution in [0.25, 0.3) is 0 Å². The first kappa shape index (κ1) is 27.3. The van der Waals surface area contributed by atoms with Crippen molar-refractivity contribution in [2.45, 2.75) is 50.7 Å². The average Bonchev–Trinajstić information content (AvgIpc) is 2.94. The fraction of sp³-hybridized carbons (Fsp3) is 0.464. The predicted molar refractivity (Wildman–Crippen MR) is 142 cm³/mol. The highest BCUT2D eigenvalue weighted by molar-refractivity contribution is 5.84. The van der Waals surface area contributed by atoms with Crippen LogP contribution in [0.1, 0.15) is 37.7 Å². The Balaban J connectivity index is 1.49. The minimum atomic E-state index is -0.956.